The van der Waals surface area contributed by atoms with E-state index in [0.29, 0.717) is 11.5 Å². The molecule has 2 heterocycles. The Morgan fingerprint density at radius 1 is 1.28 bits per heavy atom. The van der Waals surface area contributed by atoms with Gasteiger partial charge in [-0.05, 0) is 56.3 Å². The topological polar surface area (TPSA) is 129 Å². The molecule has 1 amide bonds. The van der Waals surface area contributed by atoms with Crippen LogP contribution in [-0.4, -0.2) is 37.3 Å². The van der Waals surface area contributed by atoms with Gasteiger partial charge in [0.05, 0.1) is 16.9 Å². The summed E-state index contributed by atoms with van der Waals surface area (Å²) >= 11 is 0. The smallest absolute Gasteiger partial charge is 0.255 e. The summed E-state index contributed by atoms with van der Waals surface area (Å²) in [7, 11) is -3.79. The first-order valence-electron chi connectivity index (χ1n) is 8.83. The Balaban J connectivity index is 1.76. The number of primary amides is 1. The molecule has 2 aromatic heterocycles. The molecule has 0 aliphatic carbocycles. The monoisotopic (exact) mass is 418 g/mol. The van der Waals surface area contributed by atoms with Gasteiger partial charge >= 0.3 is 0 Å². The standard InChI is InChI=1S/C19H22N4O5S/c1-13-10-14(2)23(22-13)17(18-4-3-9-27-18)11-21-29(25,26)16-7-5-15(6-8-16)28-12-19(20)24/h3-10,17,21H,11-12H2,1-2H3,(H2,20,24). The number of nitrogens with zero attached hydrogens (tertiary/aromatic N) is 2. The number of carbonyl (C=O) groups excluding carboxylic acids is 1. The second-order valence-electron chi connectivity index (χ2n) is 6.48. The van der Waals surface area contributed by atoms with Gasteiger partial charge in [-0.25, -0.2) is 13.1 Å². The number of nitrogens with two attached hydrogens (primary N) is 1. The van der Waals surface area contributed by atoms with E-state index in [-0.39, 0.29) is 18.0 Å². The molecule has 0 saturated carbocycles. The van der Waals surface area contributed by atoms with Crippen molar-refractivity contribution in [1.82, 2.24) is 14.5 Å². The lowest BCUT2D eigenvalue weighted by Gasteiger charge is -2.18. The first kappa shape index (κ1) is 20.6. The van der Waals surface area contributed by atoms with Crippen LogP contribution in [0.15, 0.2) is 58.0 Å². The van der Waals surface area contributed by atoms with Gasteiger partial charge in [0.15, 0.2) is 6.61 Å². The maximum absolute atomic E-state index is 12.7. The maximum atomic E-state index is 12.7. The molecule has 3 N–H and O–H groups in total. The van der Waals surface area contributed by atoms with Crippen LogP contribution in [0.1, 0.15) is 23.2 Å². The summed E-state index contributed by atoms with van der Waals surface area (Å²) in [6.45, 7) is 3.54. The van der Waals surface area contributed by atoms with Crippen LogP contribution in [0.4, 0.5) is 0 Å². The van der Waals surface area contributed by atoms with Gasteiger partial charge in [0, 0.05) is 12.2 Å². The molecule has 0 radical (unpaired) electrons. The van der Waals surface area contributed by atoms with Crippen LogP contribution in [0, 0.1) is 13.8 Å². The Morgan fingerprint density at radius 2 is 2.00 bits per heavy atom. The molecule has 1 aromatic carbocycles. The number of furan rings is 1. The highest BCUT2D eigenvalue weighted by Gasteiger charge is 2.23. The van der Waals surface area contributed by atoms with Crippen LogP contribution in [0.2, 0.25) is 0 Å². The maximum Gasteiger partial charge on any atom is 0.255 e. The fourth-order valence-electron chi connectivity index (χ4n) is 2.89. The second-order valence-corrected chi connectivity index (χ2v) is 8.25. The SMILES string of the molecule is Cc1cc(C)n(C(CNS(=O)(=O)c2ccc(OCC(N)=O)cc2)c2ccco2)n1. The highest BCUT2D eigenvalue weighted by atomic mass is 32.2. The van der Waals surface area contributed by atoms with Gasteiger partial charge in [0.2, 0.25) is 10.0 Å². The molecule has 1 atom stereocenters. The quantitative estimate of drug-likeness (QED) is 0.542. The summed E-state index contributed by atoms with van der Waals surface area (Å²) in [5.74, 6) is 0.324. The number of ether oxygens (including phenoxy) is 1. The summed E-state index contributed by atoms with van der Waals surface area (Å²) in [4.78, 5) is 10.8. The number of hydrogen-bond acceptors (Lipinski definition) is 6. The Kier molecular flexibility index (Phi) is 6.04. The highest BCUT2D eigenvalue weighted by molar-refractivity contribution is 7.89. The number of aromatic nitrogens is 2. The third-order valence-corrected chi connectivity index (χ3v) is 5.63. The van der Waals surface area contributed by atoms with Crippen molar-refractivity contribution in [3.63, 3.8) is 0 Å². The van der Waals surface area contributed by atoms with E-state index in [0.717, 1.165) is 11.4 Å². The third-order valence-electron chi connectivity index (χ3n) is 4.19. The fourth-order valence-corrected chi connectivity index (χ4v) is 3.93. The molecule has 154 valence electrons. The average molecular weight is 418 g/mol. The van der Waals surface area contributed by atoms with Crippen molar-refractivity contribution in [2.75, 3.05) is 13.2 Å². The number of rotatable bonds is 9. The van der Waals surface area contributed by atoms with Crippen LogP contribution in [0.3, 0.4) is 0 Å². The number of sulfonamides is 1. The number of hydrogen-bond donors (Lipinski definition) is 2. The van der Waals surface area contributed by atoms with Gasteiger partial charge in [0.1, 0.15) is 17.6 Å². The predicted molar refractivity (Wildman–Crippen MR) is 105 cm³/mol. The summed E-state index contributed by atoms with van der Waals surface area (Å²) < 4.78 is 40.4. The van der Waals surface area contributed by atoms with E-state index in [1.807, 2.05) is 19.9 Å². The van der Waals surface area contributed by atoms with Crippen molar-refractivity contribution in [3.8, 4) is 5.75 Å². The number of aryl methyl sites for hydroxylation is 2. The predicted octanol–water partition coefficient (Wildman–Crippen LogP) is 1.52. The zero-order valence-electron chi connectivity index (χ0n) is 16.0. The number of amides is 1. The van der Waals surface area contributed by atoms with Crippen LogP contribution >= 0.6 is 0 Å². The molecular formula is C19H22N4O5S. The molecule has 0 bridgehead atoms. The molecule has 0 spiro atoms. The Morgan fingerprint density at radius 3 is 2.55 bits per heavy atom. The van der Waals surface area contributed by atoms with Gasteiger partial charge in [-0.3, -0.25) is 9.48 Å². The molecule has 29 heavy (non-hydrogen) atoms. The van der Waals surface area contributed by atoms with E-state index in [1.54, 1.807) is 16.8 Å². The van der Waals surface area contributed by atoms with E-state index in [9.17, 15) is 13.2 Å². The lowest BCUT2D eigenvalue weighted by atomic mass is 10.2. The van der Waals surface area contributed by atoms with E-state index in [4.69, 9.17) is 14.9 Å². The van der Waals surface area contributed by atoms with Gasteiger partial charge in [0.25, 0.3) is 5.91 Å². The van der Waals surface area contributed by atoms with Crippen molar-refractivity contribution in [2.24, 2.45) is 5.73 Å². The average Bonchev–Trinajstić information content (AvgIpc) is 3.31. The van der Waals surface area contributed by atoms with Gasteiger partial charge in [-0.1, -0.05) is 0 Å². The van der Waals surface area contributed by atoms with Gasteiger partial charge in [-0.15, -0.1) is 0 Å². The molecule has 0 aliphatic heterocycles. The van der Waals surface area contributed by atoms with Crippen molar-refractivity contribution < 1.29 is 22.4 Å². The van der Waals surface area contributed by atoms with E-state index >= 15 is 0 Å². The molecule has 0 fully saturated rings. The molecule has 9 nitrogen and oxygen atoms in total. The van der Waals surface area contributed by atoms with Crippen LogP contribution in [-0.2, 0) is 14.8 Å². The molecule has 1 unspecified atom stereocenters. The Hall–Kier alpha value is -3.11. The lowest BCUT2D eigenvalue weighted by molar-refractivity contribution is -0.119. The van der Waals surface area contributed by atoms with Crippen molar-refractivity contribution >= 4 is 15.9 Å². The fraction of sp³-hybridized carbons (Fsp3) is 0.263. The first-order valence-corrected chi connectivity index (χ1v) is 10.3. The minimum absolute atomic E-state index is 0.0533. The first-order chi connectivity index (χ1) is 13.8. The van der Waals surface area contributed by atoms with E-state index in [1.165, 1.54) is 30.5 Å². The number of carbonyl (C=O) groups is 1. The summed E-state index contributed by atoms with van der Waals surface area (Å²) in [6.07, 6.45) is 1.54. The van der Waals surface area contributed by atoms with Gasteiger partial charge < -0.3 is 14.9 Å². The normalized spacial score (nSPS) is 12.6. The van der Waals surface area contributed by atoms with Crippen LogP contribution in [0.25, 0.3) is 0 Å². The van der Waals surface area contributed by atoms with Crippen LogP contribution < -0.4 is 15.2 Å². The minimum atomic E-state index is -3.79. The molecule has 3 aromatic rings. The number of benzene rings is 1. The second kappa shape index (κ2) is 8.50. The summed E-state index contributed by atoms with van der Waals surface area (Å²) in [5.41, 5.74) is 6.74. The summed E-state index contributed by atoms with van der Waals surface area (Å²) in [5, 5.41) is 4.45. The Labute approximate surface area is 168 Å². The Bertz CT molecular complexity index is 1070. The molecule has 3 rings (SSSR count). The van der Waals surface area contributed by atoms with E-state index < -0.39 is 22.0 Å². The molecule has 0 saturated heterocycles. The zero-order chi connectivity index (χ0) is 21.0. The van der Waals surface area contributed by atoms with Gasteiger partial charge in [-0.2, -0.15) is 5.10 Å². The minimum Gasteiger partial charge on any atom is -0.484 e. The largest absolute Gasteiger partial charge is 0.484 e. The molecule has 10 heteroatoms. The van der Waals surface area contributed by atoms with Crippen molar-refractivity contribution in [1.29, 1.82) is 0 Å². The summed E-state index contributed by atoms with van der Waals surface area (Å²) in [6, 6.07) is 10.7. The lowest BCUT2D eigenvalue weighted by Crippen LogP contribution is -2.32. The highest BCUT2D eigenvalue weighted by Crippen LogP contribution is 2.22. The van der Waals surface area contributed by atoms with E-state index in [2.05, 4.69) is 9.82 Å². The van der Waals surface area contributed by atoms with Crippen LogP contribution in [0.5, 0.6) is 5.75 Å². The third kappa shape index (κ3) is 5.04. The number of nitrogens with one attached hydrogen (secondary N) is 1. The van der Waals surface area contributed by atoms with Crippen molar-refractivity contribution in [2.45, 2.75) is 24.8 Å². The molecule has 0 aliphatic rings. The zero-order valence-corrected chi connectivity index (χ0v) is 16.8. The molecular weight excluding hydrogens is 396 g/mol. The van der Waals surface area contributed by atoms with Crippen molar-refractivity contribution in [3.05, 3.63) is 65.9 Å².